The van der Waals surface area contributed by atoms with Crippen LogP contribution in [0.5, 0.6) is 5.75 Å². The van der Waals surface area contributed by atoms with Gasteiger partial charge in [-0.1, -0.05) is 11.6 Å². The topological polar surface area (TPSA) is 46.6 Å². The van der Waals surface area contributed by atoms with Gasteiger partial charge in [0.15, 0.2) is 17.7 Å². The highest BCUT2D eigenvalue weighted by atomic mass is 35.5. The van der Waals surface area contributed by atoms with E-state index in [-0.39, 0.29) is 6.79 Å². The summed E-state index contributed by atoms with van der Waals surface area (Å²) < 4.78 is 10.3. The lowest BCUT2D eigenvalue weighted by Crippen LogP contribution is -2.43. The third-order valence-electron chi connectivity index (χ3n) is 3.51. The predicted octanol–water partition coefficient (Wildman–Crippen LogP) is 1.27. The van der Waals surface area contributed by atoms with E-state index in [9.17, 15) is 0 Å². The molecular weight excluding hydrogens is 254 g/mol. The van der Waals surface area contributed by atoms with Gasteiger partial charge in [-0.25, -0.2) is 4.98 Å². The predicted molar refractivity (Wildman–Crippen MR) is 69.3 cm³/mol. The zero-order chi connectivity index (χ0) is 12.5. The number of anilines is 1. The molecular formula is C12H16ClN3O2. The summed E-state index contributed by atoms with van der Waals surface area (Å²) in [6, 6.07) is 3.11. The fourth-order valence-corrected chi connectivity index (χ4v) is 2.83. The average molecular weight is 270 g/mol. The maximum absolute atomic E-state index is 6.00. The van der Waals surface area contributed by atoms with Crippen molar-refractivity contribution in [1.29, 1.82) is 0 Å². The van der Waals surface area contributed by atoms with Crippen LogP contribution in [0, 0.1) is 0 Å². The molecule has 0 saturated carbocycles. The van der Waals surface area contributed by atoms with Gasteiger partial charge in [0.2, 0.25) is 0 Å². The molecule has 1 N–H and O–H groups in total. The summed E-state index contributed by atoms with van der Waals surface area (Å²) in [5.41, 5.74) is 1.07. The lowest BCUT2D eigenvalue weighted by atomic mass is 10.2. The van der Waals surface area contributed by atoms with Crippen LogP contribution in [0.15, 0.2) is 12.3 Å². The fraction of sp³-hybridized carbons (Fsp3) is 0.583. The summed E-state index contributed by atoms with van der Waals surface area (Å²) in [6.45, 7) is 2.25. The third-order valence-corrected chi connectivity index (χ3v) is 3.80. The number of hydrogen-bond acceptors (Lipinski definition) is 5. The molecule has 5 nitrogen and oxygen atoms in total. The second-order valence-electron chi connectivity index (χ2n) is 4.68. The number of fused-ring (bicyclic) bond motifs is 2. The van der Waals surface area contributed by atoms with Gasteiger partial charge in [0, 0.05) is 38.3 Å². The molecule has 3 rings (SSSR count). The van der Waals surface area contributed by atoms with Crippen LogP contribution in [0.25, 0.3) is 0 Å². The highest BCUT2D eigenvalue weighted by molar-refractivity contribution is 6.30. The monoisotopic (exact) mass is 269 g/mol. The van der Waals surface area contributed by atoms with Crippen LogP contribution in [0.1, 0.15) is 6.42 Å². The van der Waals surface area contributed by atoms with E-state index in [1.54, 1.807) is 7.11 Å². The Balaban J connectivity index is 1.80. The number of nitrogens with one attached hydrogen (secondary N) is 1. The van der Waals surface area contributed by atoms with Gasteiger partial charge in [-0.3, -0.25) is 0 Å². The van der Waals surface area contributed by atoms with E-state index in [4.69, 9.17) is 21.1 Å². The molecule has 2 fully saturated rings. The fourth-order valence-electron chi connectivity index (χ4n) is 2.68. The number of pyridine rings is 1. The summed E-state index contributed by atoms with van der Waals surface area (Å²) in [7, 11) is 1.58. The van der Waals surface area contributed by atoms with Crippen LogP contribution in [0.2, 0.25) is 5.15 Å². The van der Waals surface area contributed by atoms with E-state index in [0.717, 1.165) is 18.8 Å². The van der Waals surface area contributed by atoms with Crippen LogP contribution < -0.4 is 15.0 Å². The van der Waals surface area contributed by atoms with Crippen molar-refractivity contribution < 1.29 is 9.47 Å². The Morgan fingerprint density at radius 2 is 2.50 bits per heavy atom. The van der Waals surface area contributed by atoms with Gasteiger partial charge in [0.05, 0.1) is 11.9 Å². The van der Waals surface area contributed by atoms with Crippen LogP contribution in [-0.2, 0) is 4.74 Å². The molecule has 1 aromatic rings. The van der Waals surface area contributed by atoms with Gasteiger partial charge >= 0.3 is 0 Å². The third kappa shape index (κ3) is 2.13. The lowest BCUT2D eigenvalue weighted by Gasteiger charge is -2.29. The van der Waals surface area contributed by atoms with E-state index < -0.39 is 0 Å². The largest absolute Gasteiger partial charge is 0.464 e. The van der Waals surface area contributed by atoms with Crippen LogP contribution in [0.4, 0.5) is 5.69 Å². The van der Waals surface area contributed by atoms with Crippen LogP contribution in [-0.4, -0.2) is 44.1 Å². The summed E-state index contributed by atoms with van der Waals surface area (Å²) >= 11 is 6.00. The number of rotatable bonds is 4. The number of aromatic nitrogens is 1. The zero-order valence-corrected chi connectivity index (χ0v) is 11.0. The number of ether oxygens (including phenoxy) is 2. The molecule has 2 aliphatic heterocycles. The molecule has 0 aromatic carbocycles. The van der Waals surface area contributed by atoms with E-state index in [0.29, 0.717) is 23.0 Å². The number of hydrogen-bond donors (Lipinski definition) is 1. The molecule has 2 bridgehead atoms. The molecule has 0 spiro atoms. The molecule has 2 atom stereocenters. The summed E-state index contributed by atoms with van der Waals surface area (Å²) in [5.74, 6) is 0.576. The van der Waals surface area contributed by atoms with Crippen molar-refractivity contribution in [2.75, 3.05) is 31.9 Å². The Hall–Kier alpha value is -1.04. The Morgan fingerprint density at radius 1 is 1.61 bits per heavy atom. The van der Waals surface area contributed by atoms with Gasteiger partial charge < -0.3 is 19.7 Å². The van der Waals surface area contributed by atoms with Crippen molar-refractivity contribution in [1.82, 2.24) is 10.3 Å². The maximum Gasteiger partial charge on any atom is 0.188 e. The molecule has 0 amide bonds. The number of piperazine rings is 1. The normalized spacial score (nSPS) is 25.8. The molecule has 98 valence electrons. The van der Waals surface area contributed by atoms with Gasteiger partial charge in [0.1, 0.15) is 0 Å². The highest BCUT2D eigenvalue weighted by Gasteiger charge is 2.37. The van der Waals surface area contributed by atoms with Gasteiger partial charge in [0.25, 0.3) is 0 Å². The molecule has 0 aliphatic carbocycles. The first-order chi connectivity index (χ1) is 8.78. The summed E-state index contributed by atoms with van der Waals surface area (Å²) in [6.07, 6.45) is 3.01. The van der Waals surface area contributed by atoms with Crippen molar-refractivity contribution in [2.24, 2.45) is 0 Å². The summed E-state index contributed by atoms with van der Waals surface area (Å²) in [5, 5.41) is 3.85. The molecule has 6 heteroatoms. The van der Waals surface area contributed by atoms with Gasteiger partial charge in [-0.2, -0.15) is 0 Å². The molecule has 3 heterocycles. The SMILES string of the molecule is COCOc1cc(N2C[C@@H]3C[C@H]2CN3)cnc1Cl. The number of halogens is 1. The Morgan fingerprint density at radius 3 is 3.17 bits per heavy atom. The van der Waals surface area contributed by atoms with E-state index in [1.165, 1.54) is 6.42 Å². The minimum atomic E-state index is 0.179. The first-order valence-corrected chi connectivity index (χ1v) is 6.43. The van der Waals surface area contributed by atoms with Crippen molar-refractivity contribution in [2.45, 2.75) is 18.5 Å². The lowest BCUT2D eigenvalue weighted by molar-refractivity contribution is 0.0509. The van der Waals surface area contributed by atoms with Crippen LogP contribution in [0.3, 0.4) is 0 Å². The minimum absolute atomic E-state index is 0.179. The molecule has 0 unspecified atom stereocenters. The van der Waals surface area contributed by atoms with E-state index in [2.05, 4.69) is 15.2 Å². The standard InChI is InChI=1S/C12H16ClN3O2/c1-17-7-18-11-3-10(5-15-12(11)13)16-6-8-2-9(16)4-14-8/h3,5,8-9,14H,2,4,6-7H2,1H3/t8-,9-/m0/s1. The first kappa shape index (κ1) is 12.0. The Labute approximate surface area is 111 Å². The van der Waals surface area contributed by atoms with Gasteiger partial charge in [-0.05, 0) is 6.42 Å². The number of nitrogens with zero attached hydrogens (tertiary/aromatic N) is 2. The molecule has 18 heavy (non-hydrogen) atoms. The summed E-state index contributed by atoms with van der Waals surface area (Å²) in [4.78, 5) is 6.55. The van der Waals surface area contributed by atoms with Crippen molar-refractivity contribution in [3.05, 3.63) is 17.4 Å². The Bertz CT molecular complexity index is 443. The molecule has 1 aromatic heterocycles. The van der Waals surface area contributed by atoms with Crippen molar-refractivity contribution in [3.63, 3.8) is 0 Å². The maximum atomic E-state index is 6.00. The average Bonchev–Trinajstić information content (AvgIpc) is 3.00. The van der Waals surface area contributed by atoms with Crippen LogP contribution >= 0.6 is 11.6 Å². The van der Waals surface area contributed by atoms with Crippen molar-refractivity contribution in [3.8, 4) is 5.75 Å². The molecule has 2 aliphatic rings. The quantitative estimate of drug-likeness (QED) is 0.659. The Kier molecular flexibility index (Phi) is 3.28. The zero-order valence-electron chi connectivity index (χ0n) is 10.2. The highest BCUT2D eigenvalue weighted by Crippen LogP contribution is 2.33. The van der Waals surface area contributed by atoms with E-state index in [1.807, 2.05) is 12.3 Å². The molecule has 0 radical (unpaired) electrons. The van der Waals surface area contributed by atoms with E-state index >= 15 is 0 Å². The minimum Gasteiger partial charge on any atom is -0.464 e. The molecule has 2 saturated heterocycles. The number of methoxy groups -OCH3 is 1. The van der Waals surface area contributed by atoms with Gasteiger partial charge in [-0.15, -0.1) is 0 Å². The van der Waals surface area contributed by atoms with Crippen molar-refractivity contribution >= 4 is 17.3 Å². The smallest absolute Gasteiger partial charge is 0.188 e. The second kappa shape index (κ2) is 4.91. The second-order valence-corrected chi connectivity index (χ2v) is 5.04. The first-order valence-electron chi connectivity index (χ1n) is 6.05.